The van der Waals surface area contributed by atoms with Gasteiger partial charge in [-0.25, -0.2) is 4.79 Å². The van der Waals surface area contributed by atoms with Crippen LogP contribution in [0, 0.1) is 0 Å². The fraction of sp³-hybridized carbons (Fsp3) is 0.312. The fourth-order valence-electron chi connectivity index (χ4n) is 2.13. The van der Waals surface area contributed by atoms with Gasteiger partial charge in [0.1, 0.15) is 6.61 Å². The highest BCUT2D eigenvalue weighted by atomic mass is 16.6. The number of allylic oxidation sites excluding steroid dienone is 1. The van der Waals surface area contributed by atoms with Gasteiger partial charge in [-0.3, -0.25) is 0 Å². The Kier molecular flexibility index (Phi) is 5.09. The topological polar surface area (TPSA) is 55.8 Å². The molecule has 4 heteroatoms. The summed E-state index contributed by atoms with van der Waals surface area (Å²) in [7, 11) is 0. The fourth-order valence-corrected chi connectivity index (χ4v) is 2.13. The van der Waals surface area contributed by atoms with Crippen LogP contribution in [-0.4, -0.2) is 37.5 Å². The molecular formula is C16H18O4. The summed E-state index contributed by atoms with van der Waals surface area (Å²) in [6, 6.07) is 7.90. The summed E-state index contributed by atoms with van der Waals surface area (Å²) < 4.78 is 10.1. The highest BCUT2D eigenvalue weighted by Gasteiger charge is 2.24. The second-order valence-corrected chi connectivity index (χ2v) is 4.46. The molecule has 0 radical (unpaired) electrons. The molecule has 0 aromatic heterocycles. The Bertz CT molecular complexity index is 519. The van der Waals surface area contributed by atoms with Crippen molar-refractivity contribution in [3.63, 3.8) is 0 Å². The SMILES string of the molecule is C=C(C(=O)OCCOCCO)C1C=Cc2ccccc21. The van der Waals surface area contributed by atoms with Crippen molar-refractivity contribution in [1.82, 2.24) is 0 Å². The first-order valence-electron chi connectivity index (χ1n) is 6.55. The number of esters is 1. The Morgan fingerprint density at radius 2 is 2.05 bits per heavy atom. The van der Waals surface area contributed by atoms with Crippen LogP contribution in [0.15, 0.2) is 42.5 Å². The number of carbonyl (C=O) groups is 1. The lowest BCUT2D eigenvalue weighted by Gasteiger charge is -2.13. The summed E-state index contributed by atoms with van der Waals surface area (Å²) in [6.45, 7) is 4.49. The number of benzene rings is 1. The van der Waals surface area contributed by atoms with E-state index in [0.29, 0.717) is 5.57 Å². The van der Waals surface area contributed by atoms with Crippen molar-refractivity contribution >= 4 is 12.0 Å². The molecule has 0 bridgehead atoms. The van der Waals surface area contributed by atoms with Crippen LogP contribution in [0.1, 0.15) is 17.0 Å². The van der Waals surface area contributed by atoms with Crippen LogP contribution in [-0.2, 0) is 14.3 Å². The van der Waals surface area contributed by atoms with Gasteiger partial charge in [0.25, 0.3) is 0 Å². The highest BCUT2D eigenvalue weighted by Crippen LogP contribution is 2.34. The van der Waals surface area contributed by atoms with Gasteiger partial charge in [0, 0.05) is 11.5 Å². The summed E-state index contributed by atoms with van der Waals surface area (Å²) >= 11 is 0. The van der Waals surface area contributed by atoms with E-state index >= 15 is 0 Å². The minimum Gasteiger partial charge on any atom is -0.460 e. The number of carbonyl (C=O) groups excluding carboxylic acids is 1. The number of hydrogen-bond donors (Lipinski definition) is 1. The van der Waals surface area contributed by atoms with Crippen LogP contribution >= 0.6 is 0 Å². The zero-order valence-electron chi connectivity index (χ0n) is 11.2. The molecular weight excluding hydrogens is 256 g/mol. The summed E-state index contributed by atoms with van der Waals surface area (Å²) in [5.41, 5.74) is 2.61. The van der Waals surface area contributed by atoms with Crippen LogP contribution in [0.3, 0.4) is 0 Å². The molecule has 1 unspecified atom stereocenters. The molecule has 0 spiro atoms. The first kappa shape index (κ1) is 14.5. The Morgan fingerprint density at radius 1 is 1.25 bits per heavy atom. The predicted octanol–water partition coefficient (Wildman–Crippen LogP) is 1.91. The van der Waals surface area contributed by atoms with E-state index in [-0.39, 0.29) is 32.3 Å². The highest BCUT2D eigenvalue weighted by molar-refractivity contribution is 5.91. The average Bonchev–Trinajstić information content (AvgIpc) is 2.90. The maximum atomic E-state index is 11.9. The summed E-state index contributed by atoms with van der Waals surface area (Å²) in [5.74, 6) is -0.527. The normalized spacial score (nSPS) is 15.9. The molecule has 106 valence electrons. The molecule has 1 atom stereocenters. The first-order chi connectivity index (χ1) is 9.74. The predicted molar refractivity (Wildman–Crippen MR) is 76.2 cm³/mol. The van der Waals surface area contributed by atoms with Crippen molar-refractivity contribution in [2.24, 2.45) is 0 Å². The van der Waals surface area contributed by atoms with Crippen LogP contribution in [0.2, 0.25) is 0 Å². The second kappa shape index (κ2) is 7.03. The van der Waals surface area contributed by atoms with Gasteiger partial charge in [0.15, 0.2) is 0 Å². The van der Waals surface area contributed by atoms with E-state index in [4.69, 9.17) is 14.6 Å². The maximum Gasteiger partial charge on any atom is 0.334 e. The zero-order chi connectivity index (χ0) is 14.4. The third-order valence-electron chi connectivity index (χ3n) is 3.13. The molecule has 20 heavy (non-hydrogen) atoms. The molecule has 0 heterocycles. The molecule has 0 amide bonds. The molecule has 0 aliphatic heterocycles. The lowest BCUT2D eigenvalue weighted by Crippen LogP contribution is -2.16. The minimum atomic E-state index is -0.413. The lowest BCUT2D eigenvalue weighted by molar-refractivity contribution is -0.140. The molecule has 4 nitrogen and oxygen atoms in total. The Morgan fingerprint density at radius 3 is 2.85 bits per heavy atom. The van der Waals surface area contributed by atoms with Gasteiger partial charge in [-0.05, 0) is 11.1 Å². The molecule has 1 aromatic rings. The van der Waals surface area contributed by atoms with E-state index in [1.807, 2.05) is 36.4 Å². The monoisotopic (exact) mass is 274 g/mol. The van der Waals surface area contributed by atoms with Gasteiger partial charge in [-0.15, -0.1) is 0 Å². The third kappa shape index (κ3) is 3.35. The van der Waals surface area contributed by atoms with E-state index < -0.39 is 5.97 Å². The zero-order valence-corrected chi connectivity index (χ0v) is 11.2. The second-order valence-electron chi connectivity index (χ2n) is 4.46. The number of aliphatic hydroxyl groups is 1. The Hall–Kier alpha value is -1.91. The Balaban J connectivity index is 1.86. The van der Waals surface area contributed by atoms with Crippen LogP contribution in [0.25, 0.3) is 6.08 Å². The van der Waals surface area contributed by atoms with Crippen LogP contribution in [0.4, 0.5) is 0 Å². The number of hydrogen-bond acceptors (Lipinski definition) is 4. The van der Waals surface area contributed by atoms with Crippen molar-refractivity contribution in [2.75, 3.05) is 26.4 Å². The molecule has 0 fully saturated rings. The molecule has 1 N–H and O–H groups in total. The minimum absolute atomic E-state index is 0.0374. The van der Waals surface area contributed by atoms with Crippen molar-refractivity contribution in [1.29, 1.82) is 0 Å². The van der Waals surface area contributed by atoms with E-state index in [2.05, 4.69) is 6.58 Å². The van der Waals surface area contributed by atoms with Crippen molar-refractivity contribution in [3.8, 4) is 0 Å². The molecule has 1 aliphatic rings. The number of aliphatic hydroxyl groups excluding tert-OH is 1. The molecule has 2 rings (SSSR count). The van der Waals surface area contributed by atoms with Gasteiger partial charge in [-0.2, -0.15) is 0 Å². The molecule has 1 aliphatic carbocycles. The van der Waals surface area contributed by atoms with E-state index in [1.165, 1.54) is 0 Å². The lowest BCUT2D eigenvalue weighted by atomic mass is 9.94. The molecule has 0 saturated carbocycles. The van der Waals surface area contributed by atoms with Gasteiger partial charge in [0.2, 0.25) is 0 Å². The van der Waals surface area contributed by atoms with Gasteiger partial charge in [0.05, 0.1) is 19.8 Å². The molecule has 0 saturated heterocycles. The Labute approximate surface area is 118 Å². The van der Waals surface area contributed by atoms with Gasteiger partial charge >= 0.3 is 5.97 Å². The van der Waals surface area contributed by atoms with E-state index in [9.17, 15) is 4.79 Å². The van der Waals surface area contributed by atoms with Gasteiger partial charge in [-0.1, -0.05) is 43.0 Å². The number of fused-ring (bicyclic) bond motifs is 1. The number of ether oxygens (including phenoxy) is 2. The average molecular weight is 274 g/mol. The first-order valence-corrected chi connectivity index (χ1v) is 6.55. The van der Waals surface area contributed by atoms with Crippen molar-refractivity contribution in [3.05, 3.63) is 53.6 Å². The molecule has 1 aromatic carbocycles. The third-order valence-corrected chi connectivity index (χ3v) is 3.13. The summed E-state index contributed by atoms with van der Waals surface area (Å²) in [6.07, 6.45) is 3.94. The standard InChI is InChI=1S/C16H18O4/c1-12(16(18)20-11-10-19-9-8-17)14-7-6-13-4-2-3-5-15(13)14/h2-7,14,17H,1,8-11H2. The van der Waals surface area contributed by atoms with Crippen molar-refractivity contribution < 1.29 is 19.4 Å². The quantitative estimate of drug-likeness (QED) is 0.469. The van der Waals surface area contributed by atoms with Crippen molar-refractivity contribution in [2.45, 2.75) is 5.92 Å². The van der Waals surface area contributed by atoms with Crippen LogP contribution in [0.5, 0.6) is 0 Å². The van der Waals surface area contributed by atoms with E-state index in [1.54, 1.807) is 0 Å². The largest absolute Gasteiger partial charge is 0.460 e. The summed E-state index contributed by atoms with van der Waals surface area (Å²) in [5, 5.41) is 8.55. The number of rotatable bonds is 7. The van der Waals surface area contributed by atoms with Gasteiger partial charge < -0.3 is 14.6 Å². The maximum absolute atomic E-state index is 11.9. The smallest absolute Gasteiger partial charge is 0.334 e. The summed E-state index contributed by atoms with van der Waals surface area (Å²) in [4.78, 5) is 11.9. The van der Waals surface area contributed by atoms with Crippen LogP contribution < -0.4 is 0 Å². The van der Waals surface area contributed by atoms with E-state index in [0.717, 1.165) is 11.1 Å².